The quantitative estimate of drug-likeness (QED) is 0.536. The summed E-state index contributed by atoms with van der Waals surface area (Å²) in [5.74, 6) is 0.630. The number of nitrogens with zero attached hydrogens (tertiary/aromatic N) is 2. The Kier molecular flexibility index (Phi) is 7.29. The fourth-order valence-corrected chi connectivity index (χ4v) is 5.57. The predicted octanol–water partition coefficient (Wildman–Crippen LogP) is 2.07. The Balaban J connectivity index is 1.62. The van der Waals surface area contributed by atoms with Crippen LogP contribution in [-0.2, 0) is 14.6 Å². The van der Waals surface area contributed by atoms with Crippen LogP contribution in [0.4, 0.5) is 5.69 Å². The molecule has 2 aliphatic rings. The van der Waals surface area contributed by atoms with Crippen molar-refractivity contribution in [3.8, 4) is 0 Å². The zero-order chi connectivity index (χ0) is 20.9. The molecule has 0 bridgehead atoms. The van der Waals surface area contributed by atoms with Crippen LogP contribution in [-0.4, -0.2) is 71.3 Å². The molecule has 1 unspecified atom stereocenters. The van der Waals surface area contributed by atoms with Crippen molar-refractivity contribution in [1.82, 2.24) is 10.6 Å². The van der Waals surface area contributed by atoms with Crippen molar-refractivity contribution in [2.45, 2.75) is 36.5 Å². The van der Waals surface area contributed by atoms with Gasteiger partial charge in [-0.15, -0.1) is 0 Å². The van der Waals surface area contributed by atoms with E-state index in [1.165, 1.54) is 6.26 Å². The number of piperidine rings is 1. The Labute approximate surface area is 178 Å². The van der Waals surface area contributed by atoms with E-state index in [1.54, 1.807) is 7.05 Å². The summed E-state index contributed by atoms with van der Waals surface area (Å²) in [5, 5.41) is 7.48. The Morgan fingerprint density at radius 2 is 2.07 bits per heavy atom. The van der Waals surface area contributed by atoms with Crippen molar-refractivity contribution in [1.29, 1.82) is 0 Å². The molecule has 7 nitrogen and oxygen atoms in total. The van der Waals surface area contributed by atoms with Gasteiger partial charge in [-0.05, 0) is 37.8 Å². The van der Waals surface area contributed by atoms with Gasteiger partial charge in [-0.2, -0.15) is 0 Å². The number of guanidine groups is 1. The highest BCUT2D eigenvalue weighted by Crippen LogP contribution is 2.29. The number of hydrogen-bond acceptors (Lipinski definition) is 5. The molecule has 0 amide bonds. The lowest BCUT2D eigenvalue weighted by molar-refractivity contribution is 0.0756. The first kappa shape index (κ1) is 22.2. The molecule has 0 radical (unpaired) electrons. The fraction of sp³-hybridized carbons (Fsp3) is 0.650. The van der Waals surface area contributed by atoms with Crippen LogP contribution < -0.4 is 15.5 Å². The first-order valence-electron chi connectivity index (χ1n) is 10.1. The maximum absolute atomic E-state index is 12.5. The molecular formula is C20H31ClN4O3S. The van der Waals surface area contributed by atoms with Crippen LogP contribution in [0.1, 0.15) is 25.7 Å². The van der Waals surface area contributed by atoms with E-state index in [0.29, 0.717) is 38.6 Å². The lowest BCUT2D eigenvalue weighted by atomic mass is 9.99. The molecule has 1 aromatic carbocycles. The van der Waals surface area contributed by atoms with Crippen LogP contribution >= 0.6 is 11.6 Å². The van der Waals surface area contributed by atoms with E-state index in [4.69, 9.17) is 16.3 Å². The summed E-state index contributed by atoms with van der Waals surface area (Å²) in [5.41, 5.74) is 1.04. The molecule has 2 saturated heterocycles. The van der Waals surface area contributed by atoms with Crippen LogP contribution in [0.3, 0.4) is 0 Å². The van der Waals surface area contributed by atoms with E-state index in [0.717, 1.165) is 36.6 Å². The van der Waals surface area contributed by atoms with Gasteiger partial charge in [0.05, 0.1) is 15.5 Å². The normalized spacial score (nSPS) is 22.9. The summed E-state index contributed by atoms with van der Waals surface area (Å²) in [7, 11) is -1.51. The maximum atomic E-state index is 12.5. The van der Waals surface area contributed by atoms with Crippen molar-refractivity contribution in [2.75, 3.05) is 51.1 Å². The van der Waals surface area contributed by atoms with Crippen molar-refractivity contribution < 1.29 is 13.2 Å². The van der Waals surface area contributed by atoms with Gasteiger partial charge < -0.3 is 20.3 Å². The van der Waals surface area contributed by atoms with Gasteiger partial charge in [-0.25, -0.2) is 8.42 Å². The van der Waals surface area contributed by atoms with Crippen molar-refractivity contribution >= 4 is 33.1 Å². The largest absolute Gasteiger partial charge is 0.381 e. The van der Waals surface area contributed by atoms with E-state index in [1.807, 2.05) is 24.3 Å². The molecule has 2 fully saturated rings. The second-order valence-electron chi connectivity index (χ2n) is 7.87. The molecule has 9 heteroatoms. The lowest BCUT2D eigenvalue weighted by Crippen LogP contribution is -2.56. The van der Waals surface area contributed by atoms with Gasteiger partial charge in [0.2, 0.25) is 0 Å². The minimum atomic E-state index is -3.22. The molecule has 1 aromatic rings. The second kappa shape index (κ2) is 9.53. The van der Waals surface area contributed by atoms with Crippen LogP contribution in [0.2, 0.25) is 5.02 Å². The summed E-state index contributed by atoms with van der Waals surface area (Å²) < 4.78 is 29.5. The topological polar surface area (TPSA) is 83.0 Å². The standard InChI is InChI=1S/C20H31ClN4O3S/c1-22-19(23-15-20(29(2,26)27)9-12-28-13-10-20)24-16-6-5-11-25(14-16)18-8-4-3-7-17(18)21/h3-4,7-8,16H,5-6,9-15H2,1-2H3,(H2,22,23,24). The number of aliphatic imine (C=N–C) groups is 1. The number of rotatable bonds is 5. The highest BCUT2D eigenvalue weighted by Gasteiger charge is 2.42. The lowest BCUT2D eigenvalue weighted by Gasteiger charge is -2.37. The number of nitrogens with one attached hydrogen (secondary N) is 2. The Morgan fingerprint density at radius 3 is 2.72 bits per heavy atom. The van der Waals surface area contributed by atoms with Gasteiger partial charge >= 0.3 is 0 Å². The number of ether oxygens (including phenoxy) is 1. The van der Waals surface area contributed by atoms with Gasteiger partial charge in [-0.3, -0.25) is 4.99 Å². The Hall–Kier alpha value is -1.51. The summed E-state index contributed by atoms with van der Waals surface area (Å²) in [6.45, 7) is 3.04. The average Bonchev–Trinajstić information content (AvgIpc) is 2.71. The number of anilines is 1. The van der Waals surface area contributed by atoms with Crippen molar-refractivity contribution in [2.24, 2.45) is 4.99 Å². The van der Waals surface area contributed by atoms with Gasteiger partial charge in [-0.1, -0.05) is 23.7 Å². The van der Waals surface area contributed by atoms with Crippen LogP contribution in [0.5, 0.6) is 0 Å². The molecule has 1 atom stereocenters. The average molecular weight is 443 g/mol. The van der Waals surface area contributed by atoms with Crippen LogP contribution in [0, 0.1) is 0 Å². The van der Waals surface area contributed by atoms with Gasteiger partial charge in [0.15, 0.2) is 15.8 Å². The number of benzene rings is 1. The number of hydrogen-bond donors (Lipinski definition) is 2. The Morgan fingerprint density at radius 1 is 1.34 bits per heavy atom. The minimum Gasteiger partial charge on any atom is -0.381 e. The van der Waals surface area contributed by atoms with Crippen LogP contribution in [0.15, 0.2) is 29.3 Å². The first-order valence-corrected chi connectivity index (χ1v) is 12.4. The third kappa shape index (κ3) is 5.35. The molecular weight excluding hydrogens is 412 g/mol. The third-order valence-electron chi connectivity index (χ3n) is 5.95. The molecule has 2 N–H and O–H groups in total. The monoisotopic (exact) mass is 442 g/mol. The summed E-state index contributed by atoms with van der Waals surface area (Å²) in [6, 6.07) is 8.09. The molecule has 0 aromatic heterocycles. The summed E-state index contributed by atoms with van der Waals surface area (Å²) in [4.78, 5) is 6.60. The van der Waals surface area contributed by atoms with Crippen molar-refractivity contribution in [3.63, 3.8) is 0 Å². The van der Waals surface area contributed by atoms with E-state index in [-0.39, 0.29) is 6.04 Å². The third-order valence-corrected chi connectivity index (χ3v) is 8.39. The molecule has 0 spiro atoms. The van der Waals surface area contributed by atoms with E-state index < -0.39 is 14.6 Å². The highest BCUT2D eigenvalue weighted by atomic mass is 35.5. The molecule has 2 heterocycles. The smallest absolute Gasteiger partial charge is 0.191 e. The SMILES string of the molecule is CN=C(NCC1(S(C)(=O)=O)CCOCC1)NC1CCCN(c2ccccc2Cl)C1. The molecule has 0 saturated carbocycles. The minimum absolute atomic E-state index is 0.204. The predicted molar refractivity (Wildman–Crippen MR) is 119 cm³/mol. The summed E-state index contributed by atoms with van der Waals surface area (Å²) in [6.07, 6.45) is 4.38. The van der Waals surface area contributed by atoms with Gasteiger partial charge in [0, 0.05) is 52.2 Å². The zero-order valence-corrected chi connectivity index (χ0v) is 18.7. The van der Waals surface area contributed by atoms with Gasteiger partial charge in [0.1, 0.15) is 0 Å². The molecule has 162 valence electrons. The van der Waals surface area contributed by atoms with Gasteiger partial charge in [0.25, 0.3) is 0 Å². The number of halogens is 1. The maximum Gasteiger partial charge on any atom is 0.191 e. The Bertz CT molecular complexity index is 825. The van der Waals surface area contributed by atoms with E-state index >= 15 is 0 Å². The first-order chi connectivity index (χ1) is 13.8. The highest BCUT2D eigenvalue weighted by molar-refractivity contribution is 7.92. The summed E-state index contributed by atoms with van der Waals surface area (Å²) >= 11 is 6.37. The molecule has 0 aliphatic carbocycles. The zero-order valence-electron chi connectivity index (χ0n) is 17.2. The molecule has 2 aliphatic heterocycles. The van der Waals surface area contributed by atoms with Crippen molar-refractivity contribution in [3.05, 3.63) is 29.3 Å². The molecule has 3 rings (SSSR count). The molecule has 29 heavy (non-hydrogen) atoms. The number of para-hydroxylation sites is 1. The fourth-order valence-electron chi connectivity index (χ4n) is 4.08. The van der Waals surface area contributed by atoms with Crippen LogP contribution in [0.25, 0.3) is 0 Å². The van der Waals surface area contributed by atoms with E-state index in [9.17, 15) is 8.42 Å². The number of sulfone groups is 1. The van der Waals surface area contributed by atoms with E-state index in [2.05, 4.69) is 20.5 Å². The second-order valence-corrected chi connectivity index (χ2v) is 10.7.